The second-order valence-corrected chi connectivity index (χ2v) is 6.51. The quantitative estimate of drug-likeness (QED) is 0.888. The molecule has 128 valence electrons. The van der Waals surface area contributed by atoms with Crippen molar-refractivity contribution in [2.45, 2.75) is 44.6 Å². The van der Waals surface area contributed by atoms with Gasteiger partial charge in [0.25, 0.3) is 0 Å². The van der Waals surface area contributed by atoms with Crippen LogP contribution in [-0.4, -0.2) is 54.5 Å². The van der Waals surface area contributed by atoms with Crippen LogP contribution in [0.25, 0.3) is 0 Å². The molecule has 2 N–H and O–H groups in total. The highest BCUT2D eigenvalue weighted by Crippen LogP contribution is 2.33. The van der Waals surface area contributed by atoms with Crippen LogP contribution in [0.2, 0.25) is 0 Å². The van der Waals surface area contributed by atoms with E-state index in [9.17, 15) is 4.79 Å². The Labute approximate surface area is 136 Å². The minimum absolute atomic E-state index is 0.0686. The summed E-state index contributed by atoms with van der Waals surface area (Å²) >= 11 is 0. The zero-order chi connectivity index (χ0) is 16.1. The molecule has 0 radical (unpaired) electrons. The van der Waals surface area contributed by atoms with E-state index in [0.29, 0.717) is 18.1 Å². The normalized spacial score (nSPS) is 21.8. The van der Waals surface area contributed by atoms with Gasteiger partial charge in [0.2, 0.25) is 0 Å². The van der Waals surface area contributed by atoms with E-state index in [-0.39, 0.29) is 11.6 Å². The number of morpholine rings is 1. The van der Waals surface area contributed by atoms with Crippen LogP contribution in [0, 0.1) is 6.92 Å². The van der Waals surface area contributed by atoms with Gasteiger partial charge in [0.15, 0.2) is 5.82 Å². The van der Waals surface area contributed by atoms with Crippen molar-refractivity contribution in [3.8, 4) is 0 Å². The van der Waals surface area contributed by atoms with Crippen LogP contribution in [0.4, 0.5) is 10.6 Å². The number of nitrogens with zero attached hydrogens (tertiary/aromatic N) is 2. The topological polar surface area (TPSA) is 79.6 Å². The number of aryl methyl sites for hydroxylation is 1. The third kappa shape index (κ3) is 4.03. The van der Waals surface area contributed by atoms with Crippen molar-refractivity contribution >= 4 is 11.8 Å². The fourth-order valence-electron chi connectivity index (χ4n) is 3.68. The smallest absolute Gasteiger partial charge is 0.320 e. The maximum atomic E-state index is 12.1. The number of carbonyl (C=O) groups is 1. The van der Waals surface area contributed by atoms with Crippen LogP contribution in [0.1, 0.15) is 37.9 Å². The van der Waals surface area contributed by atoms with Gasteiger partial charge in [0.1, 0.15) is 5.76 Å². The van der Waals surface area contributed by atoms with E-state index in [1.54, 1.807) is 13.0 Å². The maximum absolute atomic E-state index is 12.1. The predicted octanol–water partition coefficient (Wildman–Crippen LogP) is 2.14. The third-order valence-electron chi connectivity index (χ3n) is 4.91. The Morgan fingerprint density at radius 2 is 2.04 bits per heavy atom. The molecule has 0 spiro atoms. The Kier molecular flexibility index (Phi) is 5.17. The number of aromatic nitrogens is 1. The lowest BCUT2D eigenvalue weighted by Gasteiger charge is -2.48. The molecule has 1 saturated carbocycles. The van der Waals surface area contributed by atoms with E-state index >= 15 is 0 Å². The van der Waals surface area contributed by atoms with E-state index in [2.05, 4.69) is 20.7 Å². The molecule has 2 amide bonds. The lowest BCUT2D eigenvalue weighted by molar-refractivity contribution is -0.0356. The van der Waals surface area contributed by atoms with E-state index in [4.69, 9.17) is 9.26 Å². The summed E-state index contributed by atoms with van der Waals surface area (Å²) in [7, 11) is 0. The summed E-state index contributed by atoms with van der Waals surface area (Å²) in [6, 6.07) is 1.48. The first-order valence-electron chi connectivity index (χ1n) is 8.49. The summed E-state index contributed by atoms with van der Waals surface area (Å²) in [6.07, 6.45) is 6.01. The lowest BCUT2D eigenvalue weighted by Crippen LogP contribution is -2.60. The first-order valence-corrected chi connectivity index (χ1v) is 8.49. The largest absolute Gasteiger partial charge is 0.379 e. The monoisotopic (exact) mass is 322 g/mol. The fraction of sp³-hybridized carbons (Fsp3) is 0.750. The molecule has 1 saturated heterocycles. The van der Waals surface area contributed by atoms with Gasteiger partial charge in [-0.25, -0.2) is 4.79 Å². The molecule has 0 atom stereocenters. The van der Waals surface area contributed by atoms with Gasteiger partial charge in [-0.2, -0.15) is 0 Å². The summed E-state index contributed by atoms with van der Waals surface area (Å²) in [5.74, 6) is 1.13. The molecule has 3 rings (SSSR count). The van der Waals surface area contributed by atoms with Crippen LogP contribution in [0.15, 0.2) is 10.6 Å². The predicted molar refractivity (Wildman–Crippen MR) is 86.5 cm³/mol. The number of ether oxygens (including phenoxy) is 1. The molecule has 7 nitrogen and oxygen atoms in total. The SMILES string of the molecule is Cc1cc(NC(=O)NCC2(N3CCOCC3)CCCCC2)no1. The molecule has 2 heterocycles. The molecule has 1 aliphatic heterocycles. The molecule has 2 aliphatic rings. The highest BCUT2D eigenvalue weighted by Gasteiger charge is 2.38. The fourth-order valence-corrected chi connectivity index (χ4v) is 3.68. The second kappa shape index (κ2) is 7.31. The van der Waals surface area contributed by atoms with Crippen LogP contribution < -0.4 is 10.6 Å². The average molecular weight is 322 g/mol. The van der Waals surface area contributed by atoms with Crippen LogP contribution >= 0.6 is 0 Å². The molecule has 7 heteroatoms. The van der Waals surface area contributed by atoms with Crippen molar-refractivity contribution in [2.24, 2.45) is 0 Å². The Bertz CT molecular complexity index is 519. The first kappa shape index (κ1) is 16.3. The second-order valence-electron chi connectivity index (χ2n) is 6.51. The average Bonchev–Trinajstić information content (AvgIpc) is 2.99. The van der Waals surface area contributed by atoms with Crippen LogP contribution in [-0.2, 0) is 4.74 Å². The maximum Gasteiger partial charge on any atom is 0.320 e. The van der Waals surface area contributed by atoms with Gasteiger partial charge in [-0.05, 0) is 19.8 Å². The molecule has 1 aromatic heterocycles. The Balaban J connectivity index is 1.58. The van der Waals surface area contributed by atoms with E-state index in [1.807, 2.05) is 0 Å². The number of nitrogens with one attached hydrogen (secondary N) is 2. The van der Waals surface area contributed by atoms with Crippen LogP contribution in [0.5, 0.6) is 0 Å². The summed E-state index contributed by atoms with van der Waals surface area (Å²) in [4.78, 5) is 14.7. The number of urea groups is 1. The number of carbonyl (C=O) groups excluding carboxylic acids is 1. The minimum atomic E-state index is -0.225. The van der Waals surface area contributed by atoms with E-state index in [1.165, 1.54) is 19.3 Å². The number of rotatable bonds is 4. The molecule has 0 bridgehead atoms. The third-order valence-corrected chi connectivity index (χ3v) is 4.91. The molecule has 2 fully saturated rings. The van der Waals surface area contributed by atoms with Gasteiger partial charge in [0.05, 0.1) is 13.2 Å². The minimum Gasteiger partial charge on any atom is -0.379 e. The van der Waals surface area contributed by atoms with Crippen molar-refractivity contribution in [2.75, 3.05) is 38.2 Å². The highest BCUT2D eigenvalue weighted by atomic mass is 16.5. The highest BCUT2D eigenvalue weighted by molar-refractivity contribution is 5.88. The van der Waals surface area contributed by atoms with Crippen molar-refractivity contribution in [1.82, 2.24) is 15.4 Å². The van der Waals surface area contributed by atoms with Crippen molar-refractivity contribution < 1.29 is 14.1 Å². The molecule has 1 aromatic rings. The van der Waals surface area contributed by atoms with Gasteiger partial charge in [0, 0.05) is 31.2 Å². The van der Waals surface area contributed by atoms with Crippen LogP contribution in [0.3, 0.4) is 0 Å². The summed E-state index contributed by atoms with van der Waals surface area (Å²) < 4.78 is 10.4. The van der Waals surface area contributed by atoms with Gasteiger partial charge in [-0.3, -0.25) is 10.2 Å². The number of anilines is 1. The Hall–Kier alpha value is -1.60. The number of hydrogen-bond donors (Lipinski definition) is 2. The summed E-state index contributed by atoms with van der Waals surface area (Å²) in [6.45, 7) is 5.93. The molecule has 1 aliphatic carbocycles. The zero-order valence-corrected chi connectivity index (χ0v) is 13.8. The molecular weight excluding hydrogens is 296 g/mol. The van der Waals surface area contributed by atoms with Gasteiger partial charge in [-0.1, -0.05) is 24.4 Å². The summed E-state index contributed by atoms with van der Waals surface area (Å²) in [5.41, 5.74) is 0.0686. The summed E-state index contributed by atoms with van der Waals surface area (Å²) in [5, 5.41) is 9.54. The number of amides is 2. The first-order chi connectivity index (χ1) is 11.2. The van der Waals surface area contributed by atoms with Crippen molar-refractivity contribution in [1.29, 1.82) is 0 Å². The molecule has 23 heavy (non-hydrogen) atoms. The number of hydrogen-bond acceptors (Lipinski definition) is 5. The zero-order valence-electron chi connectivity index (χ0n) is 13.8. The Morgan fingerprint density at radius 1 is 1.30 bits per heavy atom. The van der Waals surface area contributed by atoms with Crippen molar-refractivity contribution in [3.63, 3.8) is 0 Å². The molecule has 0 unspecified atom stereocenters. The lowest BCUT2D eigenvalue weighted by atomic mass is 9.80. The Morgan fingerprint density at radius 3 is 2.70 bits per heavy atom. The van der Waals surface area contributed by atoms with Gasteiger partial charge in [-0.15, -0.1) is 0 Å². The van der Waals surface area contributed by atoms with Crippen molar-refractivity contribution in [3.05, 3.63) is 11.8 Å². The van der Waals surface area contributed by atoms with Gasteiger partial charge >= 0.3 is 6.03 Å². The molecule has 0 aromatic carbocycles. The van der Waals surface area contributed by atoms with Gasteiger partial charge < -0.3 is 14.6 Å². The van der Waals surface area contributed by atoms with E-state index < -0.39 is 0 Å². The van der Waals surface area contributed by atoms with E-state index in [0.717, 1.165) is 39.1 Å². The standard InChI is InChI=1S/C16H26N4O3/c1-13-11-14(19-23-13)18-15(21)17-12-16(5-3-2-4-6-16)20-7-9-22-10-8-20/h11H,2-10,12H2,1H3,(H2,17,18,19,21). The molecular formula is C16H26N4O3.